The van der Waals surface area contributed by atoms with Crippen LogP contribution < -0.4 is 9.47 Å². The van der Waals surface area contributed by atoms with E-state index in [1.165, 1.54) is 0 Å². The smallest absolute Gasteiger partial charge is 0.165 e. The molecule has 0 aromatic heterocycles. The van der Waals surface area contributed by atoms with Gasteiger partial charge < -0.3 is 14.6 Å². The molecule has 1 N–H and O–H groups in total. The average molecular weight is 208 g/mol. The zero-order chi connectivity index (χ0) is 10.8. The van der Waals surface area contributed by atoms with Gasteiger partial charge in [-0.05, 0) is 18.6 Å². The van der Waals surface area contributed by atoms with Crippen molar-refractivity contribution in [1.29, 1.82) is 0 Å². The Kier molecular flexibility index (Phi) is 2.82. The van der Waals surface area contributed by atoms with Crippen molar-refractivity contribution in [2.24, 2.45) is 0 Å². The summed E-state index contributed by atoms with van der Waals surface area (Å²) < 4.78 is 11.1. The van der Waals surface area contributed by atoms with E-state index in [0.717, 1.165) is 22.6 Å². The van der Waals surface area contributed by atoms with Gasteiger partial charge in [0.05, 0.1) is 0 Å². The summed E-state index contributed by atoms with van der Waals surface area (Å²) in [5.74, 6) is 1.69. The van der Waals surface area contributed by atoms with E-state index in [1.807, 2.05) is 26.0 Å². The predicted molar refractivity (Wildman–Crippen MR) is 57.7 cm³/mol. The van der Waals surface area contributed by atoms with E-state index in [-0.39, 0.29) is 12.5 Å². The first-order chi connectivity index (χ1) is 7.24. The molecule has 0 saturated heterocycles. The summed E-state index contributed by atoms with van der Waals surface area (Å²) in [5, 5.41) is 9.22. The van der Waals surface area contributed by atoms with Crippen molar-refractivity contribution in [2.45, 2.75) is 19.8 Å². The van der Waals surface area contributed by atoms with E-state index < -0.39 is 0 Å². The van der Waals surface area contributed by atoms with Crippen molar-refractivity contribution in [1.82, 2.24) is 0 Å². The SMILES string of the molecule is Cc1ccc2c(c1C(C)CO)OCCO2. The van der Waals surface area contributed by atoms with Crippen molar-refractivity contribution >= 4 is 0 Å². The Morgan fingerprint density at radius 3 is 2.80 bits per heavy atom. The Morgan fingerprint density at radius 2 is 2.07 bits per heavy atom. The first-order valence-electron chi connectivity index (χ1n) is 5.24. The first kappa shape index (κ1) is 10.3. The highest BCUT2D eigenvalue weighted by Crippen LogP contribution is 2.39. The lowest BCUT2D eigenvalue weighted by molar-refractivity contribution is 0.167. The van der Waals surface area contributed by atoms with Crippen LogP contribution in [0.2, 0.25) is 0 Å². The third kappa shape index (κ3) is 1.79. The molecule has 0 aliphatic carbocycles. The van der Waals surface area contributed by atoms with Gasteiger partial charge in [-0.3, -0.25) is 0 Å². The molecule has 1 aromatic carbocycles. The third-order valence-electron chi connectivity index (χ3n) is 2.73. The standard InChI is InChI=1S/C12H16O3/c1-8-3-4-10-12(15-6-5-14-10)11(8)9(2)7-13/h3-4,9,13H,5-7H2,1-2H3. The maximum absolute atomic E-state index is 9.22. The van der Waals surface area contributed by atoms with E-state index in [2.05, 4.69) is 0 Å². The number of benzene rings is 1. The van der Waals surface area contributed by atoms with E-state index in [9.17, 15) is 5.11 Å². The van der Waals surface area contributed by atoms with Crippen molar-refractivity contribution in [3.8, 4) is 11.5 Å². The number of rotatable bonds is 2. The fraction of sp³-hybridized carbons (Fsp3) is 0.500. The topological polar surface area (TPSA) is 38.7 Å². The van der Waals surface area contributed by atoms with E-state index >= 15 is 0 Å². The summed E-state index contributed by atoms with van der Waals surface area (Å²) in [5.41, 5.74) is 2.20. The second-order valence-corrected chi connectivity index (χ2v) is 3.90. The number of aliphatic hydroxyl groups is 1. The van der Waals surface area contributed by atoms with Crippen LogP contribution in [0.25, 0.3) is 0 Å². The molecule has 1 aliphatic heterocycles. The van der Waals surface area contributed by atoms with Crippen LogP contribution in [0.3, 0.4) is 0 Å². The molecule has 0 fully saturated rings. The van der Waals surface area contributed by atoms with Gasteiger partial charge in [-0.1, -0.05) is 13.0 Å². The largest absolute Gasteiger partial charge is 0.486 e. The number of fused-ring (bicyclic) bond motifs is 1. The summed E-state index contributed by atoms with van der Waals surface area (Å²) in [6.07, 6.45) is 0. The molecule has 1 aliphatic rings. The fourth-order valence-corrected chi connectivity index (χ4v) is 1.94. The molecular formula is C12H16O3. The molecule has 0 saturated carbocycles. The molecule has 1 unspecified atom stereocenters. The van der Waals surface area contributed by atoms with Crippen LogP contribution in [-0.2, 0) is 0 Å². The summed E-state index contributed by atoms with van der Waals surface area (Å²) in [7, 11) is 0. The van der Waals surface area contributed by atoms with Crippen molar-refractivity contribution in [3.63, 3.8) is 0 Å². The lowest BCUT2D eigenvalue weighted by Crippen LogP contribution is -2.18. The van der Waals surface area contributed by atoms with Gasteiger partial charge in [0, 0.05) is 18.1 Å². The maximum atomic E-state index is 9.22. The minimum absolute atomic E-state index is 0.0849. The molecule has 82 valence electrons. The molecule has 0 spiro atoms. The third-order valence-corrected chi connectivity index (χ3v) is 2.73. The Morgan fingerprint density at radius 1 is 1.33 bits per heavy atom. The average Bonchev–Trinajstić information content (AvgIpc) is 2.28. The molecule has 1 heterocycles. The number of ether oxygens (including phenoxy) is 2. The summed E-state index contributed by atoms with van der Waals surface area (Å²) in [6.45, 7) is 5.32. The van der Waals surface area contributed by atoms with Gasteiger partial charge in [0.1, 0.15) is 13.2 Å². The molecule has 15 heavy (non-hydrogen) atoms. The van der Waals surface area contributed by atoms with Crippen LogP contribution in [0.4, 0.5) is 0 Å². The number of hydrogen-bond acceptors (Lipinski definition) is 3. The molecule has 2 rings (SSSR count). The normalized spacial score (nSPS) is 16.2. The lowest BCUT2D eigenvalue weighted by Gasteiger charge is -2.24. The van der Waals surface area contributed by atoms with Crippen molar-refractivity contribution in [2.75, 3.05) is 19.8 Å². The van der Waals surface area contributed by atoms with Crippen molar-refractivity contribution in [3.05, 3.63) is 23.3 Å². The van der Waals surface area contributed by atoms with Crippen LogP contribution >= 0.6 is 0 Å². The summed E-state index contributed by atoms with van der Waals surface area (Å²) >= 11 is 0. The molecule has 3 nitrogen and oxygen atoms in total. The van der Waals surface area contributed by atoms with E-state index in [4.69, 9.17) is 9.47 Å². The van der Waals surface area contributed by atoms with Gasteiger partial charge in [0.25, 0.3) is 0 Å². The molecule has 0 bridgehead atoms. The van der Waals surface area contributed by atoms with E-state index in [0.29, 0.717) is 13.2 Å². The number of hydrogen-bond donors (Lipinski definition) is 1. The van der Waals surface area contributed by atoms with Crippen LogP contribution in [0.1, 0.15) is 24.0 Å². The summed E-state index contributed by atoms with van der Waals surface area (Å²) in [6, 6.07) is 3.94. The highest BCUT2D eigenvalue weighted by Gasteiger charge is 2.21. The maximum Gasteiger partial charge on any atom is 0.165 e. The van der Waals surface area contributed by atoms with Crippen molar-refractivity contribution < 1.29 is 14.6 Å². The van der Waals surface area contributed by atoms with E-state index in [1.54, 1.807) is 0 Å². The second kappa shape index (κ2) is 4.11. The number of aliphatic hydroxyl groups excluding tert-OH is 1. The zero-order valence-corrected chi connectivity index (χ0v) is 9.12. The highest BCUT2D eigenvalue weighted by atomic mass is 16.6. The lowest BCUT2D eigenvalue weighted by atomic mass is 9.95. The molecule has 0 radical (unpaired) electrons. The minimum Gasteiger partial charge on any atom is -0.486 e. The predicted octanol–water partition coefficient (Wildman–Crippen LogP) is 1.86. The Hall–Kier alpha value is -1.22. The van der Waals surface area contributed by atoms with Gasteiger partial charge in [0.2, 0.25) is 0 Å². The molecule has 3 heteroatoms. The molecule has 0 amide bonds. The van der Waals surface area contributed by atoms with Gasteiger partial charge in [-0.15, -0.1) is 0 Å². The summed E-state index contributed by atoms with van der Waals surface area (Å²) in [4.78, 5) is 0. The van der Waals surface area contributed by atoms with Crippen LogP contribution in [0, 0.1) is 6.92 Å². The van der Waals surface area contributed by atoms with Crippen LogP contribution in [0.5, 0.6) is 11.5 Å². The van der Waals surface area contributed by atoms with Gasteiger partial charge in [-0.25, -0.2) is 0 Å². The molecule has 1 atom stereocenters. The second-order valence-electron chi connectivity index (χ2n) is 3.90. The monoisotopic (exact) mass is 208 g/mol. The van der Waals surface area contributed by atoms with Crippen LogP contribution in [0.15, 0.2) is 12.1 Å². The molecule has 1 aromatic rings. The zero-order valence-electron chi connectivity index (χ0n) is 9.12. The minimum atomic E-state index is 0.0849. The Labute approximate surface area is 89.6 Å². The first-order valence-corrected chi connectivity index (χ1v) is 5.24. The Bertz CT molecular complexity index is 360. The Balaban J connectivity index is 2.50. The molecular weight excluding hydrogens is 192 g/mol. The fourth-order valence-electron chi connectivity index (χ4n) is 1.94. The number of aryl methyl sites for hydroxylation is 1. The van der Waals surface area contributed by atoms with Gasteiger partial charge in [0.15, 0.2) is 11.5 Å². The highest BCUT2D eigenvalue weighted by molar-refractivity contribution is 5.52. The van der Waals surface area contributed by atoms with Crippen LogP contribution in [-0.4, -0.2) is 24.9 Å². The van der Waals surface area contributed by atoms with Gasteiger partial charge >= 0.3 is 0 Å². The van der Waals surface area contributed by atoms with Gasteiger partial charge in [-0.2, -0.15) is 0 Å². The quantitative estimate of drug-likeness (QED) is 0.806.